The molecule has 2 heteroatoms. The van der Waals surface area contributed by atoms with E-state index < -0.39 is 0 Å². The monoisotopic (exact) mass is 190 g/mol. The normalized spacial score (nSPS) is 9.29. The van der Waals surface area contributed by atoms with Crippen molar-refractivity contribution in [1.82, 2.24) is 0 Å². The lowest BCUT2D eigenvalue weighted by Crippen LogP contribution is -1.82. The van der Waals surface area contributed by atoms with Gasteiger partial charge >= 0.3 is 0 Å². The fourth-order valence-corrected chi connectivity index (χ4v) is 1.48. The molecule has 0 aromatic heterocycles. The maximum absolute atomic E-state index is 13.2. The second-order valence-electron chi connectivity index (χ2n) is 2.91. The quantitative estimate of drug-likeness (QED) is 0.623. The molecule has 0 aliphatic carbocycles. The number of fused-ring (bicyclic) bond motifs is 1. The molecule has 1 nitrogen and oxygen atoms in total. The Hall–Kier alpha value is -1.70. The zero-order valence-corrected chi connectivity index (χ0v) is 7.96. The van der Waals surface area contributed by atoms with Crippen LogP contribution >= 0.6 is 0 Å². The van der Waals surface area contributed by atoms with E-state index in [9.17, 15) is 4.39 Å². The highest BCUT2D eigenvalue weighted by atomic mass is 19.1. The fraction of sp³-hybridized carbons (Fsp3) is 0.0833. The van der Waals surface area contributed by atoms with Crippen LogP contribution in [0.15, 0.2) is 36.4 Å². The van der Waals surface area contributed by atoms with E-state index in [-0.39, 0.29) is 5.82 Å². The zero-order valence-electron chi connectivity index (χ0n) is 7.96. The van der Waals surface area contributed by atoms with Crippen molar-refractivity contribution in [3.05, 3.63) is 47.8 Å². The first-order chi connectivity index (χ1) is 6.79. The van der Waals surface area contributed by atoms with Gasteiger partial charge in [-0.3, -0.25) is 0 Å². The van der Waals surface area contributed by atoms with Crippen molar-refractivity contribution in [2.75, 3.05) is 0 Å². The molecule has 72 valence electrons. The molecule has 0 radical (unpaired) electrons. The molecule has 0 unspecified atom stereocenters. The van der Waals surface area contributed by atoms with Crippen molar-refractivity contribution >= 4 is 17.6 Å². The molecule has 0 aliphatic heterocycles. The van der Waals surface area contributed by atoms with Gasteiger partial charge in [0, 0.05) is 5.39 Å². The molecule has 2 rings (SSSR count). The number of rotatable bonds is 0. The molecule has 0 N–H and O–H groups in total. The first-order valence-corrected chi connectivity index (χ1v) is 4.22. The van der Waals surface area contributed by atoms with Crippen LogP contribution < -0.4 is 0 Å². The Morgan fingerprint density at radius 3 is 2.21 bits per heavy atom. The lowest BCUT2D eigenvalue weighted by molar-refractivity contribution is -0.0979. The summed E-state index contributed by atoms with van der Waals surface area (Å²) in [6, 6.07) is 10.9. The Kier molecular flexibility index (Phi) is 3.35. The van der Waals surface area contributed by atoms with Crippen molar-refractivity contribution in [3.8, 4) is 0 Å². The molecule has 0 saturated heterocycles. The third-order valence-corrected chi connectivity index (χ3v) is 2.06. The predicted octanol–water partition coefficient (Wildman–Crippen LogP) is 3.10. The second-order valence-corrected chi connectivity index (χ2v) is 2.91. The van der Waals surface area contributed by atoms with Gasteiger partial charge in [0.15, 0.2) is 0 Å². The van der Waals surface area contributed by atoms with Crippen LogP contribution in [-0.2, 0) is 4.79 Å². The third kappa shape index (κ3) is 1.79. The summed E-state index contributed by atoms with van der Waals surface area (Å²) in [6.45, 7) is 3.92. The molecule has 0 amide bonds. The van der Waals surface area contributed by atoms with Crippen LogP contribution in [0.25, 0.3) is 10.8 Å². The molecule has 2 aromatic carbocycles. The second kappa shape index (κ2) is 4.51. The van der Waals surface area contributed by atoms with Crippen LogP contribution in [0.5, 0.6) is 0 Å². The molecule has 0 aliphatic rings. The average molecular weight is 190 g/mol. The van der Waals surface area contributed by atoms with Crippen molar-refractivity contribution in [3.63, 3.8) is 0 Å². The number of carbonyl (C=O) groups excluding carboxylic acids is 1. The molecular formula is C12H11FO. The maximum atomic E-state index is 13.2. The van der Waals surface area contributed by atoms with Gasteiger partial charge in [-0.2, -0.15) is 0 Å². The highest BCUT2D eigenvalue weighted by molar-refractivity contribution is 5.85. The summed E-state index contributed by atoms with van der Waals surface area (Å²) in [6.07, 6.45) is 0. The lowest BCUT2D eigenvalue weighted by Gasteiger charge is -2.01. The summed E-state index contributed by atoms with van der Waals surface area (Å²) >= 11 is 0. The Labute approximate surface area is 82.2 Å². The molecule has 0 saturated carbocycles. The van der Waals surface area contributed by atoms with Gasteiger partial charge in [-0.05, 0) is 23.9 Å². The minimum Gasteiger partial charge on any atom is -0.307 e. The van der Waals surface area contributed by atoms with Gasteiger partial charge in [0.2, 0.25) is 0 Å². The van der Waals surface area contributed by atoms with Crippen LogP contribution in [0.3, 0.4) is 0 Å². The van der Waals surface area contributed by atoms with Crippen LogP contribution in [0, 0.1) is 12.7 Å². The van der Waals surface area contributed by atoms with Crippen LogP contribution in [-0.4, -0.2) is 6.79 Å². The number of hydrogen-bond acceptors (Lipinski definition) is 1. The van der Waals surface area contributed by atoms with Crippen molar-refractivity contribution < 1.29 is 9.18 Å². The summed E-state index contributed by atoms with van der Waals surface area (Å²) in [5.74, 6) is -0.134. The summed E-state index contributed by atoms with van der Waals surface area (Å²) in [5.41, 5.74) is 0.991. The topological polar surface area (TPSA) is 17.1 Å². The molecular weight excluding hydrogens is 179 g/mol. The van der Waals surface area contributed by atoms with Crippen molar-refractivity contribution in [2.45, 2.75) is 6.92 Å². The maximum Gasteiger partial charge on any atom is 0.131 e. The van der Waals surface area contributed by atoms with Gasteiger partial charge in [-0.1, -0.05) is 30.3 Å². The van der Waals surface area contributed by atoms with Gasteiger partial charge in [0.25, 0.3) is 0 Å². The summed E-state index contributed by atoms with van der Waals surface area (Å²) in [7, 11) is 0. The van der Waals surface area contributed by atoms with Gasteiger partial charge in [0.1, 0.15) is 12.6 Å². The fourth-order valence-electron chi connectivity index (χ4n) is 1.48. The molecule has 0 fully saturated rings. The van der Waals surface area contributed by atoms with Crippen LogP contribution in [0.1, 0.15) is 5.56 Å². The lowest BCUT2D eigenvalue weighted by atomic mass is 10.1. The van der Waals surface area contributed by atoms with Crippen molar-refractivity contribution in [2.24, 2.45) is 0 Å². The SMILES string of the molecule is C=O.Cc1cccc2cccc(F)c12. The number of aryl methyl sites for hydroxylation is 1. The highest BCUT2D eigenvalue weighted by Crippen LogP contribution is 2.20. The molecule has 0 bridgehead atoms. The Morgan fingerprint density at radius 1 is 1.07 bits per heavy atom. The van der Waals surface area contributed by atoms with E-state index >= 15 is 0 Å². The van der Waals surface area contributed by atoms with Gasteiger partial charge in [-0.25, -0.2) is 4.39 Å². The minimum atomic E-state index is -0.134. The molecule has 0 atom stereocenters. The van der Waals surface area contributed by atoms with E-state index in [1.807, 2.05) is 38.0 Å². The zero-order chi connectivity index (χ0) is 10.6. The van der Waals surface area contributed by atoms with Gasteiger partial charge < -0.3 is 4.79 Å². The van der Waals surface area contributed by atoms with E-state index in [1.54, 1.807) is 6.07 Å². The van der Waals surface area contributed by atoms with Crippen molar-refractivity contribution in [1.29, 1.82) is 0 Å². The first kappa shape index (κ1) is 10.4. The first-order valence-electron chi connectivity index (χ1n) is 4.22. The molecule has 2 aromatic rings. The summed E-state index contributed by atoms with van der Waals surface area (Å²) in [4.78, 5) is 8.00. The average Bonchev–Trinajstić information content (AvgIpc) is 2.21. The number of carbonyl (C=O) groups is 1. The summed E-state index contributed by atoms with van der Waals surface area (Å²) < 4.78 is 13.2. The predicted molar refractivity (Wildman–Crippen MR) is 55.8 cm³/mol. The highest BCUT2D eigenvalue weighted by Gasteiger charge is 2.00. The molecule has 0 spiro atoms. The Balaban J connectivity index is 0.000000461. The van der Waals surface area contributed by atoms with E-state index in [4.69, 9.17) is 4.79 Å². The van der Waals surface area contributed by atoms with E-state index in [0.29, 0.717) is 0 Å². The largest absolute Gasteiger partial charge is 0.307 e. The smallest absolute Gasteiger partial charge is 0.131 e. The van der Waals surface area contributed by atoms with E-state index in [0.717, 1.165) is 16.3 Å². The number of benzene rings is 2. The van der Waals surface area contributed by atoms with Gasteiger partial charge in [-0.15, -0.1) is 0 Å². The minimum absolute atomic E-state index is 0.134. The Morgan fingerprint density at radius 2 is 1.64 bits per heavy atom. The molecule has 14 heavy (non-hydrogen) atoms. The number of hydrogen-bond donors (Lipinski definition) is 0. The summed E-state index contributed by atoms with van der Waals surface area (Å²) in [5, 5.41) is 1.70. The third-order valence-electron chi connectivity index (χ3n) is 2.06. The standard InChI is InChI=1S/C11H9F.CH2O/c1-8-4-2-5-9-6-3-7-10(12)11(8)9;1-2/h2-7H,1H3;1H2. The Bertz CT molecular complexity index is 401. The van der Waals surface area contributed by atoms with Crippen LogP contribution in [0.2, 0.25) is 0 Å². The van der Waals surface area contributed by atoms with Gasteiger partial charge in [0.05, 0.1) is 0 Å². The van der Waals surface area contributed by atoms with E-state index in [1.165, 1.54) is 6.07 Å². The van der Waals surface area contributed by atoms with Crippen LogP contribution in [0.4, 0.5) is 4.39 Å². The molecule has 0 heterocycles. The van der Waals surface area contributed by atoms with E-state index in [2.05, 4.69) is 0 Å². The number of halogens is 1.